The van der Waals surface area contributed by atoms with Gasteiger partial charge in [0, 0.05) is 25.2 Å². The molecular formula is C15H15N5O4S. The average molecular weight is 361 g/mol. The topological polar surface area (TPSA) is 130 Å². The van der Waals surface area contributed by atoms with Crippen LogP contribution in [-0.4, -0.2) is 36.4 Å². The number of non-ortho nitro benzene ring substituents is 1. The fourth-order valence-corrected chi connectivity index (χ4v) is 3.32. The molecule has 130 valence electrons. The van der Waals surface area contributed by atoms with Crippen LogP contribution in [0.25, 0.3) is 11.0 Å². The van der Waals surface area contributed by atoms with Crippen molar-refractivity contribution in [2.45, 2.75) is 4.90 Å². The number of sulfonamides is 1. The summed E-state index contributed by atoms with van der Waals surface area (Å²) >= 11 is 0. The Morgan fingerprint density at radius 3 is 2.68 bits per heavy atom. The van der Waals surface area contributed by atoms with E-state index in [1.165, 1.54) is 18.2 Å². The van der Waals surface area contributed by atoms with Crippen LogP contribution in [0.1, 0.15) is 0 Å². The first kappa shape index (κ1) is 16.9. The third-order valence-corrected chi connectivity index (χ3v) is 4.90. The van der Waals surface area contributed by atoms with Crippen molar-refractivity contribution in [3.63, 3.8) is 0 Å². The molecule has 0 aliphatic heterocycles. The third-order valence-electron chi connectivity index (χ3n) is 3.44. The fraction of sp³-hybridized carbons (Fsp3) is 0.133. The number of hydrogen-bond donors (Lipinski definition) is 3. The Morgan fingerprint density at radius 2 is 1.92 bits per heavy atom. The molecule has 10 heteroatoms. The van der Waals surface area contributed by atoms with Gasteiger partial charge in [-0.2, -0.15) is 0 Å². The first-order valence-corrected chi connectivity index (χ1v) is 8.87. The zero-order chi connectivity index (χ0) is 17.9. The number of para-hydroxylation sites is 2. The highest BCUT2D eigenvalue weighted by atomic mass is 32.2. The number of aromatic nitrogens is 2. The Morgan fingerprint density at radius 1 is 1.12 bits per heavy atom. The fourth-order valence-electron chi connectivity index (χ4n) is 2.25. The van der Waals surface area contributed by atoms with Gasteiger partial charge in [0.05, 0.1) is 20.9 Å². The highest BCUT2D eigenvalue weighted by Crippen LogP contribution is 2.17. The quantitative estimate of drug-likeness (QED) is 0.334. The van der Waals surface area contributed by atoms with E-state index in [4.69, 9.17) is 0 Å². The number of hydrogen-bond acceptors (Lipinski definition) is 6. The van der Waals surface area contributed by atoms with Crippen molar-refractivity contribution in [3.05, 3.63) is 58.6 Å². The van der Waals surface area contributed by atoms with E-state index in [0.29, 0.717) is 12.5 Å². The van der Waals surface area contributed by atoms with Gasteiger partial charge >= 0.3 is 0 Å². The summed E-state index contributed by atoms with van der Waals surface area (Å²) in [5.74, 6) is 0.538. The van der Waals surface area contributed by atoms with Crippen molar-refractivity contribution in [2.24, 2.45) is 0 Å². The van der Waals surface area contributed by atoms with E-state index in [9.17, 15) is 18.5 Å². The molecule has 3 N–H and O–H groups in total. The van der Waals surface area contributed by atoms with E-state index in [1.54, 1.807) is 0 Å². The molecule has 3 aromatic rings. The first-order chi connectivity index (χ1) is 12.0. The molecule has 0 aliphatic carbocycles. The minimum Gasteiger partial charge on any atom is -0.354 e. The predicted octanol–water partition coefficient (Wildman–Crippen LogP) is 1.86. The van der Waals surface area contributed by atoms with Gasteiger partial charge in [0.15, 0.2) is 0 Å². The van der Waals surface area contributed by atoms with Gasteiger partial charge in [0.2, 0.25) is 16.0 Å². The molecule has 25 heavy (non-hydrogen) atoms. The summed E-state index contributed by atoms with van der Waals surface area (Å²) in [5.41, 5.74) is 1.41. The van der Waals surface area contributed by atoms with Crippen LogP contribution in [0.2, 0.25) is 0 Å². The van der Waals surface area contributed by atoms with Gasteiger partial charge in [-0.05, 0) is 18.2 Å². The maximum Gasteiger partial charge on any atom is 0.270 e. The summed E-state index contributed by atoms with van der Waals surface area (Å²) in [4.78, 5) is 17.3. The molecule has 0 fully saturated rings. The van der Waals surface area contributed by atoms with Gasteiger partial charge in [0.25, 0.3) is 5.69 Å². The van der Waals surface area contributed by atoms with Gasteiger partial charge in [-0.25, -0.2) is 18.1 Å². The molecule has 1 heterocycles. The van der Waals surface area contributed by atoms with Crippen LogP contribution in [0.3, 0.4) is 0 Å². The number of imidazole rings is 1. The molecule has 0 radical (unpaired) electrons. The summed E-state index contributed by atoms with van der Waals surface area (Å²) in [6, 6.07) is 12.4. The molecule has 0 atom stereocenters. The van der Waals surface area contributed by atoms with E-state index in [1.807, 2.05) is 24.3 Å². The van der Waals surface area contributed by atoms with E-state index >= 15 is 0 Å². The van der Waals surface area contributed by atoms with Gasteiger partial charge < -0.3 is 10.3 Å². The lowest BCUT2D eigenvalue weighted by Crippen LogP contribution is -2.29. The molecule has 0 saturated heterocycles. The molecule has 0 bridgehead atoms. The number of H-pyrrole nitrogens is 1. The van der Waals surface area contributed by atoms with Crippen molar-refractivity contribution in [2.75, 3.05) is 18.4 Å². The first-order valence-electron chi connectivity index (χ1n) is 7.38. The lowest BCUT2D eigenvalue weighted by atomic mass is 10.3. The van der Waals surface area contributed by atoms with Crippen LogP contribution in [0.4, 0.5) is 11.6 Å². The Balaban J connectivity index is 1.59. The van der Waals surface area contributed by atoms with Crippen LogP contribution in [-0.2, 0) is 10.0 Å². The van der Waals surface area contributed by atoms with E-state index < -0.39 is 14.9 Å². The largest absolute Gasteiger partial charge is 0.354 e. The second kappa shape index (κ2) is 6.87. The van der Waals surface area contributed by atoms with Gasteiger partial charge in [-0.15, -0.1) is 0 Å². The molecule has 0 spiro atoms. The maximum atomic E-state index is 12.2. The van der Waals surface area contributed by atoms with Crippen molar-refractivity contribution in [3.8, 4) is 0 Å². The Kier molecular flexibility index (Phi) is 4.63. The van der Waals surface area contributed by atoms with Crippen LogP contribution in [0, 0.1) is 10.1 Å². The predicted molar refractivity (Wildman–Crippen MR) is 92.9 cm³/mol. The highest BCUT2D eigenvalue weighted by Gasteiger charge is 2.17. The molecule has 1 aromatic heterocycles. The second-order valence-electron chi connectivity index (χ2n) is 5.18. The van der Waals surface area contributed by atoms with Crippen molar-refractivity contribution in [1.29, 1.82) is 0 Å². The Bertz CT molecular complexity index is 982. The smallest absolute Gasteiger partial charge is 0.270 e. The second-order valence-corrected chi connectivity index (χ2v) is 6.95. The third kappa shape index (κ3) is 3.92. The molecule has 2 aromatic carbocycles. The standard InChI is InChI=1S/C15H15N5O4S/c21-20(22)11-4-3-5-12(10-11)25(23,24)17-9-8-16-15-18-13-6-1-2-7-14(13)19-15/h1-7,10,17H,8-9H2,(H2,16,18,19). The summed E-state index contributed by atoms with van der Waals surface area (Å²) < 4.78 is 26.7. The number of nitrogens with zero attached hydrogens (tertiary/aromatic N) is 2. The molecule has 0 unspecified atom stereocenters. The summed E-state index contributed by atoms with van der Waals surface area (Å²) in [6.07, 6.45) is 0. The zero-order valence-corrected chi connectivity index (χ0v) is 13.8. The lowest BCUT2D eigenvalue weighted by Gasteiger charge is -2.07. The molecule has 0 saturated carbocycles. The Hall–Kier alpha value is -2.98. The van der Waals surface area contributed by atoms with E-state index in [2.05, 4.69) is 20.0 Å². The monoisotopic (exact) mass is 361 g/mol. The lowest BCUT2D eigenvalue weighted by molar-refractivity contribution is -0.385. The zero-order valence-electron chi connectivity index (χ0n) is 13.0. The van der Waals surface area contributed by atoms with Crippen LogP contribution < -0.4 is 10.0 Å². The highest BCUT2D eigenvalue weighted by molar-refractivity contribution is 7.89. The average Bonchev–Trinajstić information content (AvgIpc) is 3.01. The summed E-state index contributed by atoms with van der Waals surface area (Å²) in [5, 5.41) is 13.7. The molecule has 0 aliphatic rings. The number of aromatic amines is 1. The summed E-state index contributed by atoms with van der Waals surface area (Å²) in [6.45, 7) is 0.399. The molecular weight excluding hydrogens is 346 g/mol. The molecule has 3 rings (SSSR count). The van der Waals surface area contributed by atoms with Crippen LogP contribution >= 0.6 is 0 Å². The van der Waals surface area contributed by atoms with Crippen LogP contribution in [0.15, 0.2) is 53.4 Å². The minimum absolute atomic E-state index is 0.0993. The number of benzene rings is 2. The van der Waals surface area contributed by atoms with E-state index in [0.717, 1.165) is 17.1 Å². The van der Waals surface area contributed by atoms with Crippen LogP contribution in [0.5, 0.6) is 0 Å². The van der Waals surface area contributed by atoms with E-state index in [-0.39, 0.29) is 17.1 Å². The molecule has 0 amide bonds. The van der Waals surface area contributed by atoms with Crippen molar-refractivity contribution >= 4 is 32.7 Å². The van der Waals surface area contributed by atoms with Gasteiger partial charge in [0.1, 0.15) is 0 Å². The summed E-state index contributed by atoms with van der Waals surface area (Å²) in [7, 11) is -3.82. The number of nitro groups is 1. The number of nitro benzene ring substituents is 1. The molecule has 9 nitrogen and oxygen atoms in total. The SMILES string of the molecule is O=[N+]([O-])c1cccc(S(=O)(=O)NCCNc2nc3ccccc3[nH]2)c1. The number of nitrogens with one attached hydrogen (secondary N) is 3. The minimum atomic E-state index is -3.82. The normalized spacial score (nSPS) is 11.5. The van der Waals surface area contributed by atoms with Gasteiger partial charge in [-0.3, -0.25) is 10.1 Å². The number of rotatable bonds is 7. The maximum absolute atomic E-state index is 12.2. The van der Waals surface area contributed by atoms with Gasteiger partial charge in [-0.1, -0.05) is 18.2 Å². The Labute approximate surface area is 143 Å². The number of fused-ring (bicyclic) bond motifs is 1. The van der Waals surface area contributed by atoms with Crippen molar-refractivity contribution < 1.29 is 13.3 Å². The number of anilines is 1. The van der Waals surface area contributed by atoms with Crippen molar-refractivity contribution in [1.82, 2.24) is 14.7 Å².